The fraction of sp³-hybridized carbons (Fsp3) is 0.750. The van der Waals surface area contributed by atoms with Crippen LogP contribution in [0.2, 0.25) is 0 Å². The second kappa shape index (κ2) is 22.0. The monoisotopic (exact) mass is 601 g/mol. The highest BCUT2D eigenvalue weighted by molar-refractivity contribution is 5.91. The average Bonchev–Trinajstić information content (AvgIpc) is 2.91. The molecule has 0 bridgehead atoms. The molecule has 240 valence electrons. The van der Waals surface area contributed by atoms with Crippen molar-refractivity contribution < 1.29 is 54.0 Å². The molecule has 4 unspecified atom stereocenters. The van der Waals surface area contributed by atoms with E-state index in [-0.39, 0.29) is 25.7 Å². The number of carbonyl (C=O) groups is 7. The maximum Gasteiger partial charge on any atom is 0.326 e. The maximum atomic E-state index is 12.9. The van der Waals surface area contributed by atoms with E-state index in [1.165, 1.54) is 0 Å². The van der Waals surface area contributed by atoms with Gasteiger partial charge in [0.25, 0.3) is 0 Å². The van der Waals surface area contributed by atoms with Gasteiger partial charge in [-0.05, 0) is 32.1 Å². The standard InChI is InChI=1S/C28H47N3O11/c1-3-5-6-7-8-9-10-12-22(32)29-19(25(36)31-20(27(39)40)14-16-24(34)35)13-15-23(33)30-21(28(41)42)17-18(11-4-2)26(37)38/h18-21H,3-17H2,1-2H3,(H,29,32)(H,30,33)(H,31,36)(H,34,35)(H,37,38)(H,39,40)(H,41,42). The van der Waals surface area contributed by atoms with Crippen molar-refractivity contribution in [3.05, 3.63) is 0 Å². The van der Waals surface area contributed by atoms with Crippen LogP contribution in [-0.4, -0.2) is 80.2 Å². The Labute approximate surface area is 246 Å². The number of carboxylic acids is 4. The third kappa shape index (κ3) is 17.9. The normalized spacial score (nSPS) is 13.7. The fourth-order valence-electron chi connectivity index (χ4n) is 4.31. The molecular weight excluding hydrogens is 554 g/mol. The molecule has 42 heavy (non-hydrogen) atoms. The third-order valence-electron chi connectivity index (χ3n) is 6.72. The van der Waals surface area contributed by atoms with Crippen LogP contribution in [0.1, 0.15) is 110 Å². The Morgan fingerprint density at radius 2 is 1.05 bits per heavy atom. The molecule has 0 aromatic rings. The van der Waals surface area contributed by atoms with Gasteiger partial charge in [0.2, 0.25) is 17.7 Å². The molecule has 0 fully saturated rings. The molecule has 4 atom stereocenters. The van der Waals surface area contributed by atoms with Crippen molar-refractivity contribution in [3.63, 3.8) is 0 Å². The van der Waals surface area contributed by atoms with Gasteiger partial charge in [-0.25, -0.2) is 9.59 Å². The van der Waals surface area contributed by atoms with E-state index in [0.717, 1.165) is 38.5 Å². The average molecular weight is 602 g/mol. The lowest BCUT2D eigenvalue weighted by atomic mass is 9.95. The van der Waals surface area contributed by atoms with E-state index in [4.69, 9.17) is 5.11 Å². The molecule has 0 radical (unpaired) electrons. The smallest absolute Gasteiger partial charge is 0.326 e. The zero-order chi connectivity index (χ0) is 32.1. The van der Waals surface area contributed by atoms with Crippen LogP contribution in [-0.2, 0) is 33.6 Å². The van der Waals surface area contributed by atoms with E-state index in [0.29, 0.717) is 12.8 Å². The Morgan fingerprint density at radius 3 is 1.57 bits per heavy atom. The molecule has 0 aliphatic carbocycles. The van der Waals surface area contributed by atoms with Crippen LogP contribution in [0.5, 0.6) is 0 Å². The number of unbranched alkanes of at least 4 members (excludes halogenated alkanes) is 6. The Kier molecular flexibility index (Phi) is 20.0. The van der Waals surface area contributed by atoms with Gasteiger partial charge in [0.1, 0.15) is 18.1 Å². The molecule has 0 spiro atoms. The van der Waals surface area contributed by atoms with Gasteiger partial charge in [0, 0.05) is 19.3 Å². The lowest BCUT2D eigenvalue weighted by Crippen LogP contribution is -2.52. The number of hydrogen-bond acceptors (Lipinski definition) is 7. The summed E-state index contributed by atoms with van der Waals surface area (Å²) in [5.74, 6) is -8.56. The summed E-state index contributed by atoms with van der Waals surface area (Å²) in [4.78, 5) is 83.6. The van der Waals surface area contributed by atoms with Crippen LogP contribution in [0.25, 0.3) is 0 Å². The Morgan fingerprint density at radius 1 is 0.524 bits per heavy atom. The lowest BCUT2D eigenvalue weighted by Gasteiger charge is -2.22. The predicted molar refractivity (Wildman–Crippen MR) is 150 cm³/mol. The molecule has 0 saturated carbocycles. The van der Waals surface area contributed by atoms with Crippen molar-refractivity contribution in [2.45, 2.75) is 128 Å². The highest BCUT2D eigenvalue weighted by Gasteiger charge is 2.30. The molecule has 0 aromatic heterocycles. The molecule has 7 N–H and O–H groups in total. The molecule has 0 aromatic carbocycles. The van der Waals surface area contributed by atoms with Crippen molar-refractivity contribution >= 4 is 41.6 Å². The second-order valence-corrected chi connectivity index (χ2v) is 10.4. The van der Waals surface area contributed by atoms with Crippen LogP contribution in [0.4, 0.5) is 0 Å². The summed E-state index contributed by atoms with van der Waals surface area (Å²) in [5, 5.41) is 44.0. The molecule has 0 aliphatic heterocycles. The van der Waals surface area contributed by atoms with Gasteiger partial charge in [0.15, 0.2) is 0 Å². The van der Waals surface area contributed by atoms with Gasteiger partial charge < -0.3 is 36.4 Å². The minimum Gasteiger partial charge on any atom is -0.481 e. The van der Waals surface area contributed by atoms with Crippen molar-refractivity contribution in [1.29, 1.82) is 0 Å². The number of aliphatic carboxylic acids is 4. The minimum atomic E-state index is -1.55. The Balaban J connectivity index is 5.36. The molecular formula is C28H47N3O11. The van der Waals surface area contributed by atoms with Gasteiger partial charge in [0.05, 0.1) is 5.92 Å². The minimum absolute atomic E-state index is 0.0974. The van der Waals surface area contributed by atoms with E-state index >= 15 is 0 Å². The van der Waals surface area contributed by atoms with Crippen molar-refractivity contribution in [2.24, 2.45) is 5.92 Å². The summed E-state index contributed by atoms with van der Waals surface area (Å²) >= 11 is 0. The van der Waals surface area contributed by atoms with Gasteiger partial charge >= 0.3 is 23.9 Å². The summed E-state index contributed by atoms with van der Waals surface area (Å²) in [7, 11) is 0. The van der Waals surface area contributed by atoms with Crippen LogP contribution < -0.4 is 16.0 Å². The number of carboxylic acid groups (broad SMARTS) is 4. The molecule has 14 nitrogen and oxygen atoms in total. The highest BCUT2D eigenvalue weighted by Crippen LogP contribution is 2.15. The van der Waals surface area contributed by atoms with Crippen molar-refractivity contribution in [1.82, 2.24) is 16.0 Å². The zero-order valence-corrected chi connectivity index (χ0v) is 24.6. The maximum absolute atomic E-state index is 12.9. The molecule has 0 rings (SSSR count). The molecule has 14 heteroatoms. The SMILES string of the molecule is CCCCCCCCCC(=O)NC(CCC(=O)NC(CC(CCC)C(=O)O)C(=O)O)C(=O)NC(CCC(=O)O)C(=O)O. The number of hydrogen-bond donors (Lipinski definition) is 7. The van der Waals surface area contributed by atoms with Crippen molar-refractivity contribution in [2.75, 3.05) is 0 Å². The summed E-state index contributed by atoms with van der Waals surface area (Å²) in [6.07, 6.45) is 5.52. The first-order chi connectivity index (χ1) is 19.8. The second-order valence-electron chi connectivity index (χ2n) is 10.4. The summed E-state index contributed by atoms with van der Waals surface area (Å²) < 4.78 is 0. The first-order valence-corrected chi connectivity index (χ1v) is 14.6. The predicted octanol–water partition coefficient (Wildman–Crippen LogP) is 2.29. The molecule has 3 amide bonds. The zero-order valence-electron chi connectivity index (χ0n) is 24.6. The van der Waals surface area contributed by atoms with E-state index in [1.807, 2.05) is 0 Å². The Hall–Kier alpha value is -3.71. The molecule has 0 saturated heterocycles. The van der Waals surface area contributed by atoms with Crippen LogP contribution in [0, 0.1) is 5.92 Å². The third-order valence-corrected chi connectivity index (χ3v) is 6.72. The van der Waals surface area contributed by atoms with Gasteiger partial charge in [-0.3, -0.25) is 24.0 Å². The summed E-state index contributed by atoms with van der Waals surface area (Å²) in [6, 6.07) is -4.39. The highest BCUT2D eigenvalue weighted by atomic mass is 16.4. The van der Waals surface area contributed by atoms with E-state index in [1.54, 1.807) is 6.92 Å². The van der Waals surface area contributed by atoms with Gasteiger partial charge in [-0.1, -0.05) is 58.8 Å². The number of carbonyl (C=O) groups excluding carboxylic acids is 3. The molecule has 0 aliphatic rings. The van der Waals surface area contributed by atoms with Crippen LogP contribution in [0.15, 0.2) is 0 Å². The quantitative estimate of drug-likeness (QED) is 0.0749. The number of nitrogens with one attached hydrogen (secondary N) is 3. The van der Waals surface area contributed by atoms with E-state index in [2.05, 4.69) is 22.9 Å². The van der Waals surface area contributed by atoms with Crippen LogP contribution in [0.3, 0.4) is 0 Å². The van der Waals surface area contributed by atoms with Gasteiger partial charge in [-0.15, -0.1) is 0 Å². The van der Waals surface area contributed by atoms with Crippen molar-refractivity contribution in [3.8, 4) is 0 Å². The van der Waals surface area contributed by atoms with Gasteiger partial charge in [-0.2, -0.15) is 0 Å². The largest absolute Gasteiger partial charge is 0.481 e. The molecule has 0 heterocycles. The number of amides is 3. The lowest BCUT2D eigenvalue weighted by molar-refractivity contribution is -0.146. The van der Waals surface area contributed by atoms with Crippen LogP contribution >= 0.6 is 0 Å². The number of rotatable bonds is 25. The Bertz CT molecular complexity index is 910. The summed E-state index contributed by atoms with van der Waals surface area (Å²) in [6.45, 7) is 3.85. The fourth-order valence-corrected chi connectivity index (χ4v) is 4.31. The first-order valence-electron chi connectivity index (χ1n) is 14.6. The van der Waals surface area contributed by atoms with E-state index in [9.17, 15) is 48.9 Å². The topological polar surface area (TPSA) is 236 Å². The summed E-state index contributed by atoms with van der Waals surface area (Å²) in [5.41, 5.74) is 0. The van der Waals surface area contributed by atoms with E-state index < -0.39 is 84.9 Å². The first kappa shape index (κ1) is 38.3.